The second kappa shape index (κ2) is 3.38. The molecular formula is C8H13NO2. The van der Waals surface area contributed by atoms with E-state index in [2.05, 4.69) is 6.57 Å². The molecule has 62 valence electrons. The maximum Gasteiger partial charge on any atom is 0.309 e. The standard InChI is InChI=1S/C7H12O2.CHN/c1-5(2)7(3-4-7)6(8)9;1-2/h5H,3-4H2,1-2H3,(H,8,9);1H. The molecule has 11 heavy (non-hydrogen) atoms. The van der Waals surface area contributed by atoms with Crippen molar-refractivity contribution in [2.45, 2.75) is 26.7 Å². The zero-order chi connectivity index (χ0) is 9.07. The van der Waals surface area contributed by atoms with Gasteiger partial charge in [0.1, 0.15) is 0 Å². The van der Waals surface area contributed by atoms with Crippen molar-refractivity contribution in [1.82, 2.24) is 0 Å². The molecule has 0 spiro atoms. The maximum absolute atomic E-state index is 10.5. The van der Waals surface area contributed by atoms with Gasteiger partial charge in [0.25, 0.3) is 0 Å². The molecule has 1 rings (SSSR count). The molecule has 0 amide bonds. The molecule has 1 fully saturated rings. The Kier molecular flexibility index (Phi) is 3.06. The van der Waals surface area contributed by atoms with Crippen LogP contribution in [0.2, 0.25) is 0 Å². The molecule has 0 radical (unpaired) electrons. The first kappa shape index (κ1) is 9.96. The number of carbonyl (C=O) groups is 1. The topological polar surface area (TPSA) is 61.1 Å². The fourth-order valence-electron chi connectivity index (χ4n) is 1.17. The van der Waals surface area contributed by atoms with E-state index in [1.54, 1.807) is 0 Å². The molecule has 0 aromatic carbocycles. The summed E-state index contributed by atoms with van der Waals surface area (Å²) in [6, 6.07) is 0. The van der Waals surface area contributed by atoms with E-state index < -0.39 is 5.97 Å². The van der Waals surface area contributed by atoms with Crippen LogP contribution >= 0.6 is 0 Å². The van der Waals surface area contributed by atoms with Gasteiger partial charge in [0.2, 0.25) is 0 Å². The molecule has 0 bridgehead atoms. The Morgan fingerprint density at radius 1 is 1.55 bits per heavy atom. The molecule has 0 aliphatic heterocycles. The molecule has 1 N–H and O–H groups in total. The van der Waals surface area contributed by atoms with Crippen molar-refractivity contribution in [2.75, 3.05) is 0 Å². The van der Waals surface area contributed by atoms with Crippen LogP contribution in [-0.4, -0.2) is 11.1 Å². The quantitative estimate of drug-likeness (QED) is 0.659. The molecule has 3 nitrogen and oxygen atoms in total. The summed E-state index contributed by atoms with van der Waals surface area (Å²) in [6.45, 7) is 7.45. The lowest BCUT2D eigenvalue weighted by Gasteiger charge is -2.12. The Morgan fingerprint density at radius 3 is 1.91 bits per heavy atom. The van der Waals surface area contributed by atoms with Crippen molar-refractivity contribution in [3.63, 3.8) is 0 Å². The van der Waals surface area contributed by atoms with Gasteiger partial charge in [0, 0.05) is 6.57 Å². The van der Waals surface area contributed by atoms with Crippen molar-refractivity contribution in [3.05, 3.63) is 0 Å². The van der Waals surface area contributed by atoms with Crippen LogP contribution in [0.25, 0.3) is 0 Å². The van der Waals surface area contributed by atoms with E-state index in [0.717, 1.165) is 12.8 Å². The van der Waals surface area contributed by atoms with Crippen LogP contribution in [-0.2, 0) is 4.79 Å². The van der Waals surface area contributed by atoms with E-state index in [1.807, 2.05) is 13.8 Å². The minimum absolute atomic E-state index is 0.301. The van der Waals surface area contributed by atoms with Gasteiger partial charge in [0.05, 0.1) is 5.41 Å². The summed E-state index contributed by atoms with van der Waals surface area (Å²) in [6.07, 6.45) is 1.75. The smallest absolute Gasteiger partial charge is 0.309 e. The SMILES string of the molecule is C#N.CC(C)C1(C(=O)O)CC1. The minimum atomic E-state index is -0.613. The van der Waals surface area contributed by atoms with Crippen LogP contribution < -0.4 is 0 Å². The Bertz CT molecular complexity index is 168. The summed E-state index contributed by atoms with van der Waals surface area (Å²) in [5.74, 6) is -0.313. The van der Waals surface area contributed by atoms with E-state index in [0.29, 0.717) is 5.92 Å². The van der Waals surface area contributed by atoms with Gasteiger partial charge in [-0.05, 0) is 18.8 Å². The van der Waals surface area contributed by atoms with Crippen molar-refractivity contribution >= 4 is 5.97 Å². The van der Waals surface area contributed by atoms with Crippen LogP contribution in [0.4, 0.5) is 0 Å². The third-order valence-electron chi connectivity index (χ3n) is 2.32. The van der Waals surface area contributed by atoms with Crippen LogP contribution in [0.15, 0.2) is 0 Å². The van der Waals surface area contributed by atoms with Crippen LogP contribution in [0.5, 0.6) is 0 Å². The van der Waals surface area contributed by atoms with E-state index in [-0.39, 0.29) is 5.41 Å². The lowest BCUT2D eigenvalue weighted by atomic mass is 9.93. The number of carboxylic acid groups (broad SMARTS) is 1. The lowest BCUT2D eigenvalue weighted by molar-refractivity contribution is -0.145. The fraction of sp³-hybridized carbons (Fsp3) is 0.750. The lowest BCUT2D eigenvalue weighted by Crippen LogP contribution is -2.20. The molecule has 0 aromatic rings. The zero-order valence-corrected chi connectivity index (χ0v) is 6.87. The Hall–Kier alpha value is -1.04. The molecular weight excluding hydrogens is 142 g/mol. The largest absolute Gasteiger partial charge is 0.481 e. The highest BCUT2D eigenvalue weighted by molar-refractivity contribution is 5.78. The number of aliphatic carboxylic acids is 1. The van der Waals surface area contributed by atoms with Crippen LogP contribution in [0.1, 0.15) is 26.7 Å². The highest BCUT2D eigenvalue weighted by Gasteiger charge is 2.52. The number of nitrogens with zero attached hydrogens (tertiary/aromatic N) is 1. The average Bonchev–Trinajstić information content (AvgIpc) is 2.70. The highest BCUT2D eigenvalue weighted by Crippen LogP contribution is 2.51. The average molecular weight is 155 g/mol. The number of carboxylic acids is 1. The van der Waals surface area contributed by atoms with E-state index in [4.69, 9.17) is 10.4 Å². The van der Waals surface area contributed by atoms with Crippen LogP contribution in [0.3, 0.4) is 0 Å². The van der Waals surface area contributed by atoms with Crippen molar-refractivity contribution in [1.29, 1.82) is 5.26 Å². The molecule has 1 aliphatic rings. The summed E-state index contributed by atoms with van der Waals surface area (Å²) in [4.78, 5) is 10.5. The van der Waals surface area contributed by atoms with E-state index in [1.165, 1.54) is 0 Å². The fourth-order valence-corrected chi connectivity index (χ4v) is 1.17. The number of hydrogen-bond donors (Lipinski definition) is 1. The predicted molar refractivity (Wildman–Crippen MR) is 40.8 cm³/mol. The predicted octanol–water partition coefficient (Wildman–Crippen LogP) is 1.65. The molecule has 0 heterocycles. The normalized spacial score (nSPS) is 18.3. The second-order valence-corrected chi connectivity index (χ2v) is 3.12. The van der Waals surface area contributed by atoms with Gasteiger partial charge in [-0.15, -0.1) is 0 Å². The summed E-state index contributed by atoms with van der Waals surface area (Å²) in [5.41, 5.74) is -0.333. The Labute approximate surface area is 66.6 Å². The number of hydrogen-bond acceptors (Lipinski definition) is 2. The first-order valence-electron chi connectivity index (χ1n) is 3.59. The van der Waals surface area contributed by atoms with Gasteiger partial charge in [-0.3, -0.25) is 4.79 Å². The van der Waals surface area contributed by atoms with Gasteiger partial charge >= 0.3 is 5.97 Å². The van der Waals surface area contributed by atoms with Crippen molar-refractivity contribution in [2.24, 2.45) is 11.3 Å². The van der Waals surface area contributed by atoms with Crippen LogP contribution in [0, 0.1) is 23.2 Å². The molecule has 0 saturated heterocycles. The monoisotopic (exact) mass is 155 g/mol. The summed E-state index contributed by atoms with van der Waals surface area (Å²) in [5, 5.41) is 15.2. The Morgan fingerprint density at radius 2 is 1.91 bits per heavy atom. The first-order valence-corrected chi connectivity index (χ1v) is 3.59. The Balaban J connectivity index is 0.000000461. The molecule has 0 aromatic heterocycles. The van der Waals surface area contributed by atoms with Gasteiger partial charge in [0.15, 0.2) is 0 Å². The minimum Gasteiger partial charge on any atom is -0.481 e. The zero-order valence-electron chi connectivity index (χ0n) is 6.87. The molecule has 0 unspecified atom stereocenters. The van der Waals surface area contributed by atoms with Crippen molar-refractivity contribution in [3.8, 4) is 6.57 Å². The van der Waals surface area contributed by atoms with E-state index >= 15 is 0 Å². The summed E-state index contributed by atoms with van der Waals surface area (Å²) in [7, 11) is 0. The maximum atomic E-state index is 10.5. The van der Waals surface area contributed by atoms with E-state index in [9.17, 15) is 4.79 Å². The molecule has 3 heteroatoms. The number of rotatable bonds is 2. The molecule has 1 saturated carbocycles. The highest BCUT2D eigenvalue weighted by atomic mass is 16.4. The first-order chi connectivity index (χ1) is 5.09. The van der Waals surface area contributed by atoms with Gasteiger partial charge in [-0.25, -0.2) is 5.26 Å². The van der Waals surface area contributed by atoms with Crippen molar-refractivity contribution < 1.29 is 9.90 Å². The van der Waals surface area contributed by atoms with Gasteiger partial charge in [-0.2, -0.15) is 0 Å². The number of nitriles is 1. The molecule has 0 atom stereocenters. The van der Waals surface area contributed by atoms with Gasteiger partial charge in [-0.1, -0.05) is 13.8 Å². The third kappa shape index (κ3) is 1.70. The molecule has 1 aliphatic carbocycles. The summed E-state index contributed by atoms with van der Waals surface area (Å²) < 4.78 is 0. The van der Waals surface area contributed by atoms with Gasteiger partial charge < -0.3 is 5.11 Å². The second-order valence-electron chi connectivity index (χ2n) is 3.12. The third-order valence-corrected chi connectivity index (χ3v) is 2.32. The summed E-state index contributed by atoms with van der Waals surface area (Å²) >= 11 is 0.